The van der Waals surface area contributed by atoms with Gasteiger partial charge in [-0.25, -0.2) is 0 Å². The Hall–Kier alpha value is -1.55. The van der Waals surface area contributed by atoms with Crippen molar-refractivity contribution in [3.8, 4) is 5.75 Å². The van der Waals surface area contributed by atoms with E-state index in [0.717, 1.165) is 23.3 Å². The first kappa shape index (κ1) is 15.5. The maximum Gasteiger partial charge on any atom is 0.224 e. The van der Waals surface area contributed by atoms with Crippen molar-refractivity contribution < 1.29 is 14.6 Å². The maximum absolute atomic E-state index is 11.7. The molecule has 0 aliphatic carbocycles. The number of nitrogens with one attached hydrogen (secondary N) is 1. The van der Waals surface area contributed by atoms with Crippen molar-refractivity contribution in [3.05, 3.63) is 29.3 Å². The molecule has 1 unspecified atom stereocenters. The van der Waals surface area contributed by atoms with Crippen molar-refractivity contribution in [2.45, 2.75) is 39.2 Å². The van der Waals surface area contributed by atoms with Gasteiger partial charge in [-0.2, -0.15) is 0 Å². The number of aliphatic hydroxyl groups excluding tert-OH is 1. The van der Waals surface area contributed by atoms with Crippen LogP contribution in [0.25, 0.3) is 0 Å². The van der Waals surface area contributed by atoms with Crippen molar-refractivity contribution in [2.75, 3.05) is 13.7 Å². The van der Waals surface area contributed by atoms with E-state index in [4.69, 9.17) is 9.84 Å². The topological polar surface area (TPSA) is 58.6 Å². The van der Waals surface area contributed by atoms with E-state index in [2.05, 4.69) is 5.32 Å². The van der Waals surface area contributed by atoms with Crippen molar-refractivity contribution in [1.82, 2.24) is 5.32 Å². The monoisotopic (exact) mass is 265 g/mol. The van der Waals surface area contributed by atoms with Crippen LogP contribution in [0.4, 0.5) is 0 Å². The number of hydrogen-bond donors (Lipinski definition) is 2. The molecule has 0 aliphatic heterocycles. The number of methoxy groups -OCH3 is 1. The van der Waals surface area contributed by atoms with Crippen molar-refractivity contribution >= 4 is 5.91 Å². The first-order valence-corrected chi connectivity index (χ1v) is 6.61. The summed E-state index contributed by atoms with van der Waals surface area (Å²) in [5.41, 5.74) is 2.00. The Bertz CT molecular complexity index is 416. The molecule has 1 rings (SSSR count). The fraction of sp³-hybridized carbons (Fsp3) is 0.533. The number of aliphatic hydroxyl groups is 1. The van der Waals surface area contributed by atoms with E-state index in [-0.39, 0.29) is 12.0 Å². The van der Waals surface area contributed by atoms with Crippen LogP contribution < -0.4 is 10.1 Å². The number of benzene rings is 1. The van der Waals surface area contributed by atoms with Gasteiger partial charge in [0.15, 0.2) is 0 Å². The van der Waals surface area contributed by atoms with E-state index < -0.39 is 0 Å². The minimum absolute atomic E-state index is 0.00324. The zero-order valence-electron chi connectivity index (χ0n) is 11.9. The highest BCUT2D eigenvalue weighted by Crippen LogP contribution is 2.19. The van der Waals surface area contributed by atoms with Gasteiger partial charge in [0.25, 0.3) is 0 Å². The van der Waals surface area contributed by atoms with Gasteiger partial charge in [-0.05, 0) is 43.9 Å². The molecule has 0 radical (unpaired) electrons. The van der Waals surface area contributed by atoms with Gasteiger partial charge in [0, 0.05) is 6.54 Å². The number of rotatable bonds is 7. The van der Waals surface area contributed by atoms with E-state index in [1.54, 1.807) is 14.0 Å². The van der Waals surface area contributed by atoms with Gasteiger partial charge in [-0.3, -0.25) is 4.79 Å². The molecule has 1 atom stereocenters. The summed E-state index contributed by atoms with van der Waals surface area (Å²) < 4.78 is 5.23. The van der Waals surface area contributed by atoms with E-state index >= 15 is 0 Å². The molecule has 1 aromatic rings. The molecule has 0 saturated carbocycles. The number of carbonyl (C=O) groups excluding carboxylic acids is 1. The van der Waals surface area contributed by atoms with Gasteiger partial charge in [0.1, 0.15) is 5.75 Å². The Morgan fingerprint density at radius 1 is 1.47 bits per heavy atom. The average molecular weight is 265 g/mol. The lowest BCUT2D eigenvalue weighted by Crippen LogP contribution is -2.26. The summed E-state index contributed by atoms with van der Waals surface area (Å²) in [4.78, 5) is 11.7. The normalized spacial score (nSPS) is 12.0. The molecular weight excluding hydrogens is 242 g/mol. The lowest BCUT2D eigenvalue weighted by Gasteiger charge is -2.09. The second-order valence-corrected chi connectivity index (χ2v) is 4.82. The summed E-state index contributed by atoms with van der Waals surface area (Å²) in [6, 6.07) is 5.78. The summed E-state index contributed by atoms with van der Waals surface area (Å²) in [6.45, 7) is 4.33. The fourth-order valence-corrected chi connectivity index (χ4v) is 1.85. The van der Waals surface area contributed by atoms with Gasteiger partial charge < -0.3 is 15.2 Å². The molecule has 1 amide bonds. The van der Waals surface area contributed by atoms with Crippen LogP contribution in [0.15, 0.2) is 18.2 Å². The Morgan fingerprint density at radius 2 is 2.21 bits per heavy atom. The smallest absolute Gasteiger partial charge is 0.224 e. The molecule has 2 N–H and O–H groups in total. The number of carbonyl (C=O) groups is 1. The molecule has 106 valence electrons. The second kappa shape index (κ2) is 7.79. The average Bonchev–Trinajstić information content (AvgIpc) is 2.37. The van der Waals surface area contributed by atoms with Gasteiger partial charge in [0.05, 0.1) is 19.6 Å². The first-order valence-electron chi connectivity index (χ1n) is 6.61. The molecule has 0 bridgehead atoms. The quantitative estimate of drug-likeness (QED) is 0.739. The van der Waals surface area contributed by atoms with Gasteiger partial charge in [0.2, 0.25) is 5.91 Å². The summed E-state index contributed by atoms with van der Waals surface area (Å²) in [6.07, 6.45) is 1.54. The zero-order chi connectivity index (χ0) is 14.3. The van der Waals surface area contributed by atoms with E-state index in [9.17, 15) is 4.79 Å². The predicted molar refractivity (Wildman–Crippen MR) is 75.4 cm³/mol. The van der Waals surface area contributed by atoms with Crippen molar-refractivity contribution in [2.24, 2.45) is 0 Å². The van der Waals surface area contributed by atoms with Crippen LogP contribution >= 0.6 is 0 Å². The molecule has 0 aromatic heterocycles. The van der Waals surface area contributed by atoms with E-state index in [0.29, 0.717) is 19.4 Å². The second-order valence-electron chi connectivity index (χ2n) is 4.82. The number of ether oxygens (including phenoxy) is 1. The van der Waals surface area contributed by atoms with Gasteiger partial charge >= 0.3 is 0 Å². The number of hydrogen-bond acceptors (Lipinski definition) is 3. The third kappa shape index (κ3) is 5.75. The van der Waals surface area contributed by atoms with Crippen molar-refractivity contribution in [1.29, 1.82) is 0 Å². The summed E-state index contributed by atoms with van der Waals surface area (Å²) >= 11 is 0. The molecule has 0 saturated heterocycles. The number of aryl methyl sites for hydroxylation is 1. The third-order valence-electron chi connectivity index (χ3n) is 2.96. The molecule has 4 nitrogen and oxygen atoms in total. The lowest BCUT2D eigenvalue weighted by molar-refractivity contribution is -0.120. The van der Waals surface area contributed by atoms with Crippen LogP contribution in [0.5, 0.6) is 5.75 Å². The van der Waals surface area contributed by atoms with E-state index in [1.807, 2.05) is 25.1 Å². The Labute approximate surface area is 114 Å². The number of amides is 1. The molecular formula is C15H23NO3. The van der Waals surface area contributed by atoms with Crippen LogP contribution in [-0.4, -0.2) is 30.8 Å². The summed E-state index contributed by atoms with van der Waals surface area (Å²) in [5, 5.41) is 12.0. The Balaban J connectivity index is 2.40. The molecule has 0 fully saturated rings. The minimum Gasteiger partial charge on any atom is -0.496 e. The SMILES string of the molecule is COc1cc(CC(=O)NCCCC(C)O)ccc1C. The lowest BCUT2D eigenvalue weighted by atomic mass is 10.1. The highest BCUT2D eigenvalue weighted by atomic mass is 16.5. The molecule has 0 heterocycles. The Morgan fingerprint density at radius 3 is 2.84 bits per heavy atom. The van der Waals surface area contributed by atoms with Crippen LogP contribution in [-0.2, 0) is 11.2 Å². The largest absolute Gasteiger partial charge is 0.496 e. The first-order chi connectivity index (χ1) is 9.02. The van der Waals surface area contributed by atoms with Crippen molar-refractivity contribution in [3.63, 3.8) is 0 Å². The molecule has 1 aromatic carbocycles. The minimum atomic E-state index is -0.307. The summed E-state index contributed by atoms with van der Waals surface area (Å²) in [5.74, 6) is 0.802. The molecule has 0 aliphatic rings. The summed E-state index contributed by atoms with van der Waals surface area (Å²) in [7, 11) is 1.63. The standard InChI is InChI=1S/C15H23NO3/c1-11-6-7-13(9-14(11)19-3)10-15(18)16-8-4-5-12(2)17/h6-7,9,12,17H,4-5,8,10H2,1-3H3,(H,16,18). The van der Waals surface area contributed by atoms with Crippen LogP contribution in [0.1, 0.15) is 30.9 Å². The molecule has 19 heavy (non-hydrogen) atoms. The fourth-order valence-electron chi connectivity index (χ4n) is 1.85. The third-order valence-corrected chi connectivity index (χ3v) is 2.96. The Kier molecular flexibility index (Phi) is 6.36. The molecule has 4 heteroatoms. The highest BCUT2D eigenvalue weighted by Gasteiger charge is 2.06. The van der Waals surface area contributed by atoms with Gasteiger partial charge in [-0.15, -0.1) is 0 Å². The molecule has 0 spiro atoms. The van der Waals surface area contributed by atoms with Gasteiger partial charge in [-0.1, -0.05) is 12.1 Å². The zero-order valence-corrected chi connectivity index (χ0v) is 11.9. The van der Waals surface area contributed by atoms with Crippen LogP contribution in [0.2, 0.25) is 0 Å². The van der Waals surface area contributed by atoms with Crippen LogP contribution in [0.3, 0.4) is 0 Å². The van der Waals surface area contributed by atoms with E-state index in [1.165, 1.54) is 0 Å². The maximum atomic E-state index is 11.7. The predicted octanol–water partition coefficient (Wildman–Crippen LogP) is 1.82. The van der Waals surface area contributed by atoms with Crippen LogP contribution in [0, 0.1) is 6.92 Å². The highest BCUT2D eigenvalue weighted by molar-refractivity contribution is 5.78.